The number of anilines is 1. The Balaban J connectivity index is 1.47. The van der Waals surface area contributed by atoms with E-state index in [0.29, 0.717) is 11.6 Å². The molecule has 0 radical (unpaired) electrons. The van der Waals surface area contributed by atoms with Gasteiger partial charge in [0.05, 0.1) is 24.6 Å². The first-order valence-corrected chi connectivity index (χ1v) is 9.25. The van der Waals surface area contributed by atoms with Gasteiger partial charge in [-0.3, -0.25) is 9.20 Å². The number of aromatic nitrogens is 4. The molecular formula is C19H21FN6O2. The normalized spacial score (nSPS) is 19.5. The number of carbonyl (C=O) groups is 1. The molecule has 0 aromatic carbocycles. The van der Waals surface area contributed by atoms with Crippen molar-refractivity contribution in [1.29, 1.82) is 0 Å². The lowest BCUT2D eigenvalue weighted by Gasteiger charge is -2.28. The Hall–Kier alpha value is -3.07. The van der Waals surface area contributed by atoms with Crippen LogP contribution in [0.2, 0.25) is 0 Å². The van der Waals surface area contributed by atoms with Crippen molar-refractivity contribution >= 4 is 17.6 Å². The minimum absolute atomic E-state index is 0.100. The third-order valence-corrected chi connectivity index (χ3v) is 4.88. The number of fused-ring (bicyclic) bond motifs is 1. The predicted molar refractivity (Wildman–Crippen MR) is 101 cm³/mol. The number of esters is 1. The Bertz CT molecular complexity index is 983. The highest BCUT2D eigenvalue weighted by molar-refractivity contribution is 5.71. The monoisotopic (exact) mass is 384 g/mol. The Kier molecular flexibility index (Phi) is 5.16. The number of hydrogen-bond acceptors (Lipinski definition) is 7. The molecule has 3 N–H and O–H groups in total. The summed E-state index contributed by atoms with van der Waals surface area (Å²) in [6, 6.07) is 5.70. The molecule has 3 aromatic heterocycles. The van der Waals surface area contributed by atoms with E-state index in [1.54, 1.807) is 10.6 Å². The maximum atomic E-state index is 14.4. The molecule has 1 aliphatic rings. The highest BCUT2D eigenvalue weighted by Gasteiger charge is 2.24. The van der Waals surface area contributed by atoms with Crippen LogP contribution >= 0.6 is 0 Å². The SMILES string of the molecule is NCC(=O)OC1CCC(Nc2ncc(F)c(-c3cnc4ccccn34)n2)CC1. The Labute approximate surface area is 161 Å². The third kappa shape index (κ3) is 3.79. The predicted octanol–water partition coefficient (Wildman–Crippen LogP) is 2.16. The average Bonchev–Trinajstić information content (AvgIpc) is 3.15. The zero-order valence-electron chi connectivity index (χ0n) is 15.2. The summed E-state index contributed by atoms with van der Waals surface area (Å²) in [4.78, 5) is 24.0. The van der Waals surface area contributed by atoms with Crippen LogP contribution in [-0.4, -0.2) is 44.0 Å². The van der Waals surface area contributed by atoms with Crippen molar-refractivity contribution in [2.45, 2.75) is 37.8 Å². The van der Waals surface area contributed by atoms with Crippen LogP contribution in [0.15, 0.2) is 36.8 Å². The summed E-state index contributed by atoms with van der Waals surface area (Å²) in [5, 5.41) is 3.26. The first kappa shape index (κ1) is 18.3. The van der Waals surface area contributed by atoms with Gasteiger partial charge in [0.1, 0.15) is 17.4 Å². The fourth-order valence-electron chi connectivity index (χ4n) is 3.47. The minimum Gasteiger partial charge on any atom is -0.461 e. The molecule has 1 aliphatic carbocycles. The number of rotatable bonds is 5. The van der Waals surface area contributed by atoms with E-state index in [0.717, 1.165) is 31.3 Å². The van der Waals surface area contributed by atoms with E-state index in [-0.39, 0.29) is 30.4 Å². The molecule has 28 heavy (non-hydrogen) atoms. The van der Waals surface area contributed by atoms with Gasteiger partial charge in [0.15, 0.2) is 5.82 Å². The summed E-state index contributed by atoms with van der Waals surface area (Å²) >= 11 is 0. The minimum atomic E-state index is -0.506. The van der Waals surface area contributed by atoms with Gasteiger partial charge in [0, 0.05) is 12.2 Å². The summed E-state index contributed by atoms with van der Waals surface area (Å²) in [5.74, 6) is -0.519. The van der Waals surface area contributed by atoms with E-state index < -0.39 is 5.82 Å². The molecule has 9 heteroatoms. The van der Waals surface area contributed by atoms with Gasteiger partial charge >= 0.3 is 5.97 Å². The molecule has 1 fully saturated rings. The molecule has 0 bridgehead atoms. The molecule has 0 amide bonds. The second-order valence-corrected chi connectivity index (χ2v) is 6.77. The lowest BCUT2D eigenvalue weighted by atomic mass is 9.93. The summed E-state index contributed by atoms with van der Waals surface area (Å²) < 4.78 is 21.5. The van der Waals surface area contributed by atoms with Crippen molar-refractivity contribution in [1.82, 2.24) is 19.4 Å². The first-order valence-electron chi connectivity index (χ1n) is 9.25. The van der Waals surface area contributed by atoms with Crippen molar-refractivity contribution in [2.75, 3.05) is 11.9 Å². The molecule has 0 saturated heterocycles. The van der Waals surface area contributed by atoms with E-state index in [1.165, 1.54) is 6.20 Å². The van der Waals surface area contributed by atoms with Crippen LogP contribution in [0.25, 0.3) is 17.0 Å². The number of hydrogen-bond donors (Lipinski definition) is 2. The smallest absolute Gasteiger partial charge is 0.319 e. The molecule has 0 aliphatic heterocycles. The van der Waals surface area contributed by atoms with Crippen molar-refractivity contribution in [3.63, 3.8) is 0 Å². The van der Waals surface area contributed by atoms with E-state index in [2.05, 4.69) is 20.3 Å². The highest BCUT2D eigenvalue weighted by Crippen LogP contribution is 2.26. The van der Waals surface area contributed by atoms with Crippen LogP contribution in [-0.2, 0) is 9.53 Å². The molecule has 8 nitrogen and oxygen atoms in total. The molecule has 0 unspecified atom stereocenters. The highest BCUT2D eigenvalue weighted by atomic mass is 19.1. The summed E-state index contributed by atoms with van der Waals surface area (Å²) in [6.07, 6.45) is 7.56. The van der Waals surface area contributed by atoms with Crippen LogP contribution in [0.5, 0.6) is 0 Å². The lowest BCUT2D eigenvalue weighted by molar-refractivity contribution is -0.148. The third-order valence-electron chi connectivity index (χ3n) is 4.88. The van der Waals surface area contributed by atoms with Crippen LogP contribution in [0.3, 0.4) is 0 Å². The quantitative estimate of drug-likeness (QED) is 0.649. The second-order valence-electron chi connectivity index (χ2n) is 6.77. The van der Waals surface area contributed by atoms with Gasteiger partial charge in [-0.05, 0) is 37.8 Å². The molecular weight excluding hydrogens is 363 g/mol. The van der Waals surface area contributed by atoms with Crippen LogP contribution in [0.4, 0.5) is 10.3 Å². The topological polar surface area (TPSA) is 107 Å². The van der Waals surface area contributed by atoms with Crippen LogP contribution in [0, 0.1) is 5.82 Å². The average molecular weight is 384 g/mol. The van der Waals surface area contributed by atoms with Gasteiger partial charge in [-0.15, -0.1) is 0 Å². The van der Waals surface area contributed by atoms with Crippen LogP contribution in [0.1, 0.15) is 25.7 Å². The van der Waals surface area contributed by atoms with E-state index in [1.807, 2.05) is 24.4 Å². The van der Waals surface area contributed by atoms with Gasteiger partial charge in [0.2, 0.25) is 5.95 Å². The van der Waals surface area contributed by atoms with Crippen molar-refractivity contribution < 1.29 is 13.9 Å². The van der Waals surface area contributed by atoms with Crippen molar-refractivity contribution in [3.05, 3.63) is 42.6 Å². The molecule has 3 heterocycles. The molecule has 1 saturated carbocycles. The van der Waals surface area contributed by atoms with Gasteiger partial charge < -0.3 is 15.8 Å². The zero-order valence-corrected chi connectivity index (χ0v) is 15.2. The Morgan fingerprint density at radius 3 is 2.86 bits per heavy atom. The largest absolute Gasteiger partial charge is 0.461 e. The van der Waals surface area contributed by atoms with Gasteiger partial charge in [-0.1, -0.05) is 6.07 Å². The summed E-state index contributed by atoms with van der Waals surface area (Å²) in [7, 11) is 0. The number of nitrogens with zero attached hydrogens (tertiary/aromatic N) is 4. The van der Waals surface area contributed by atoms with E-state index in [4.69, 9.17) is 10.5 Å². The number of imidazole rings is 1. The van der Waals surface area contributed by atoms with Crippen molar-refractivity contribution in [3.8, 4) is 11.4 Å². The van der Waals surface area contributed by atoms with E-state index >= 15 is 0 Å². The number of halogens is 1. The number of carbonyl (C=O) groups excluding carboxylic acids is 1. The molecule has 146 valence electrons. The fourth-order valence-corrected chi connectivity index (χ4v) is 3.47. The standard InChI is InChI=1S/C19H21FN6O2/c20-14-10-23-19(24-12-4-6-13(7-5-12)28-17(27)9-21)25-18(14)15-11-22-16-3-1-2-8-26(15)16/h1-3,8,10-13H,4-7,9,21H2,(H,23,24,25). The number of pyridine rings is 1. The Morgan fingerprint density at radius 1 is 1.25 bits per heavy atom. The summed E-state index contributed by atoms with van der Waals surface area (Å²) in [5.41, 5.74) is 6.76. The van der Waals surface area contributed by atoms with Gasteiger partial charge in [-0.25, -0.2) is 19.3 Å². The molecule has 0 atom stereocenters. The number of ether oxygens (including phenoxy) is 1. The van der Waals surface area contributed by atoms with Crippen LogP contribution < -0.4 is 11.1 Å². The second kappa shape index (κ2) is 7.89. The van der Waals surface area contributed by atoms with E-state index in [9.17, 15) is 9.18 Å². The fraction of sp³-hybridized carbons (Fsp3) is 0.368. The van der Waals surface area contributed by atoms with Crippen molar-refractivity contribution in [2.24, 2.45) is 5.73 Å². The van der Waals surface area contributed by atoms with Gasteiger partial charge in [0.25, 0.3) is 0 Å². The maximum absolute atomic E-state index is 14.4. The molecule has 4 rings (SSSR count). The molecule has 3 aromatic rings. The van der Waals surface area contributed by atoms with Gasteiger partial charge in [-0.2, -0.15) is 0 Å². The lowest BCUT2D eigenvalue weighted by Crippen LogP contribution is -2.33. The molecule has 0 spiro atoms. The first-order chi connectivity index (χ1) is 13.6. The zero-order chi connectivity index (χ0) is 19.5. The number of nitrogens with two attached hydrogens (primary N) is 1. The Morgan fingerprint density at radius 2 is 2.07 bits per heavy atom. The maximum Gasteiger partial charge on any atom is 0.319 e. The number of nitrogens with one attached hydrogen (secondary N) is 1. The summed E-state index contributed by atoms with van der Waals surface area (Å²) in [6.45, 7) is -0.104.